The number of carbonyl (C=O) groups excluding carboxylic acids is 1. The van der Waals surface area contributed by atoms with Gasteiger partial charge in [-0.15, -0.1) is 10.2 Å². The van der Waals surface area contributed by atoms with E-state index in [1.807, 2.05) is 19.1 Å². The molecule has 3 rings (SSSR count). The molecule has 0 unspecified atom stereocenters. The summed E-state index contributed by atoms with van der Waals surface area (Å²) in [5.74, 6) is 0.0250. The molecule has 0 saturated carbocycles. The fraction of sp³-hybridized carbons (Fsp3) is 0.214. The summed E-state index contributed by atoms with van der Waals surface area (Å²) in [4.78, 5) is 12.2. The van der Waals surface area contributed by atoms with Crippen LogP contribution in [0.3, 0.4) is 0 Å². The predicted octanol–water partition coefficient (Wildman–Crippen LogP) is 3.41. The number of nitrogens with zero attached hydrogens (tertiary/aromatic N) is 2. The van der Waals surface area contributed by atoms with Crippen molar-refractivity contribution >= 4 is 33.3 Å². The van der Waals surface area contributed by atoms with Gasteiger partial charge in [0.2, 0.25) is 5.13 Å². The molecule has 20 heavy (non-hydrogen) atoms. The summed E-state index contributed by atoms with van der Waals surface area (Å²) in [6.07, 6.45) is 0.951. The Bertz CT molecular complexity index is 762. The van der Waals surface area contributed by atoms with Crippen LogP contribution < -0.4 is 5.32 Å². The van der Waals surface area contributed by atoms with Crippen molar-refractivity contribution in [1.82, 2.24) is 10.2 Å². The number of furan rings is 1. The van der Waals surface area contributed by atoms with Crippen molar-refractivity contribution in [3.8, 4) is 0 Å². The minimum Gasteiger partial charge on any atom is -0.451 e. The van der Waals surface area contributed by atoms with Gasteiger partial charge in [-0.2, -0.15) is 0 Å². The first kappa shape index (κ1) is 12.8. The van der Waals surface area contributed by atoms with Crippen LogP contribution in [0.1, 0.15) is 28.6 Å². The van der Waals surface area contributed by atoms with E-state index in [0.717, 1.165) is 23.0 Å². The molecule has 0 aliphatic heterocycles. The molecule has 2 heterocycles. The second-order valence-corrected chi connectivity index (χ2v) is 5.27. The Hall–Kier alpha value is -2.21. The van der Waals surface area contributed by atoms with Crippen molar-refractivity contribution in [2.45, 2.75) is 20.3 Å². The quantitative estimate of drug-likeness (QED) is 0.801. The van der Waals surface area contributed by atoms with Crippen molar-refractivity contribution < 1.29 is 9.21 Å². The largest absolute Gasteiger partial charge is 0.451 e. The molecule has 1 amide bonds. The van der Waals surface area contributed by atoms with Crippen LogP contribution in [0, 0.1) is 6.92 Å². The number of fused-ring (bicyclic) bond motifs is 1. The zero-order chi connectivity index (χ0) is 14.1. The summed E-state index contributed by atoms with van der Waals surface area (Å²) in [5, 5.41) is 11.6. The Labute approximate surface area is 119 Å². The summed E-state index contributed by atoms with van der Waals surface area (Å²) in [6.45, 7) is 3.99. The normalized spacial score (nSPS) is 10.9. The van der Waals surface area contributed by atoms with Gasteiger partial charge in [0.25, 0.3) is 5.91 Å². The number of aryl methyl sites for hydroxylation is 2. The maximum atomic E-state index is 12.2. The van der Waals surface area contributed by atoms with Gasteiger partial charge in [0.15, 0.2) is 5.76 Å². The summed E-state index contributed by atoms with van der Waals surface area (Å²) < 4.78 is 5.65. The topological polar surface area (TPSA) is 68.0 Å². The van der Waals surface area contributed by atoms with E-state index in [4.69, 9.17) is 4.42 Å². The van der Waals surface area contributed by atoms with Crippen LogP contribution in [-0.4, -0.2) is 16.1 Å². The van der Waals surface area contributed by atoms with Crippen molar-refractivity contribution in [2.24, 2.45) is 0 Å². The number of anilines is 1. The molecule has 0 saturated heterocycles. The van der Waals surface area contributed by atoms with Gasteiger partial charge in [0, 0.05) is 10.9 Å². The second kappa shape index (κ2) is 5.05. The Morgan fingerprint density at radius 2 is 2.30 bits per heavy atom. The minimum atomic E-state index is -0.298. The van der Waals surface area contributed by atoms with E-state index in [9.17, 15) is 4.79 Å². The van der Waals surface area contributed by atoms with Crippen molar-refractivity contribution in [3.05, 3.63) is 40.6 Å². The molecule has 0 spiro atoms. The van der Waals surface area contributed by atoms with E-state index in [2.05, 4.69) is 28.5 Å². The monoisotopic (exact) mass is 287 g/mol. The van der Waals surface area contributed by atoms with Gasteiger partial charge in [-0.25, -0.2) is 0 Å². The number of carbonyl (C=O) groups is 1. The summed E-state index contributed by atoms with van der Waals surface area (Å²) in [5.41, 5.74) is 4.35. The van der Waals surface area contributed by atoms with Crippen LogP contribution in [0.2, 0.25) is 0 Å². The molecular weight excluding hydrogens is 274 g/mol. The van der Waals surface area contributed by atoms with Gasteiger partial charge < -0.3 is 4.42 Å². The highest BCUT2D eigenvalue weighted by molar-refractivity contribution is 7.13. The van der Waals surface area contributed by atoms with E-state index < -0.39 is 0 Å². The van der Waals surface area contributed by atoms with Gasteiger partial charge in [0.1, 0.15) is 11.1 Å². The molecule has 0 aliphatic carbocycles. The van der Waals surface area contributed by atoms with E-state index in [0.29, 0.717) is 10.9 Å². The maximum absolute atomic E-state index is 12.2. The molecule has 2 aromatic heterocycles. The Balaban J connectivity index is 1.99. The average Bonchev–Trinajstić information content (AvgIpc) is 3.07. The summed E-state index contributed by atoms with van der Waals surface area (Å²) in [6, 6.07) is 5.98. The van der Waals surface area contributed by atoms with Gasteiger partial charge in [-0.05, 0) is 31.0 Å². The molecule has 0 bridgehead atoms. The molecule has 5 nitrogen and oxygen atoms in total. The maximum Gasteiger partial charge on any atom is 0.293 e. The van der Waals surface area contributed by atoms with Crippen LogP contribution >= 0.6 is 11.3 Å². The predicted molar refractivity (Wildman–Crippen MR) is 78.2 cm³/mol. The highest BCUT2D eigenvalue weighted by Crippen LogP contribution is 2.27. The van der Waals surface area contributed by atoms with E-state index in [-0.39, 0.29) is 5.91 Å². The van der Waals surface area contributed by atoms with Crippen molar-refractivity contribution in [3.63, 3.8) is 0 Å². The lowest BCUT2D eigenvalue weighted by Crippen LogP contribution is -2.11. The molecule has 102 valence electrons. The van der Waals surface area contributed by atoms with Crippen molar-refractivity contribution in [1.29, 1.82) is 0 Å². The first-order valence-electron chi connectivity index (χ1n) is 6.28. The third-order valence-corrected chi connectivity index (χ3v) is 3.80. The smallest absolute Gasteiger partial charge is 0.293 e. The second-order valence-electron chi connectivity index (χ2n) is 4.44. The van der Waals surface area contributed by atoms with Crippen LogP contribution in [0.5, 0.6) is 0 Å². The first-order valence-corrected chi connectivity index (χ1v) is 7.16. The number of amides is 1. The fourth-order valence-corrected chi connectivity index (χ4v) is 2.53. The van der Waals surface area contributed by atoms with E-state index in [1.165, 1.54) is 16.9 Å². The molecule has 0 aliphatic rings. The molecule has 0 radical (unpaired) electrons. The third-order valence-electron chi connectivity index (χ3n) is 3.20. The third kappa shape index (κ3) is 2.18. The molecule has 0 atom stereocenters. The lowest BCUT2D eigenvalue weighted by atomic mass is 10.1. The molecule has 1 aromatic carbocycles. The zero-order valence-electron chi connectivity index (χ0n) is 11.1. The Kier molecular flexibility index (Phi) is 3.23. The summed E-state index contributed by atoms with van der Waals surface area (Å²) >= 11 is 1.27. The minimum absolute atomic E-state index is 0.298. The number of benzene rings is 1. The van der Waals surface area contributed by atoms with E-state index in [1.54, 1.807) is 5.51 Å². The highest BCUT2D eigenvalue weighted by atomic mass is 32.1. The number of aromatic nitrogens is 2. The molecule has 1 N–H and O–H groups in total. The number of rotatable bonds is 3. The lowest BCUT2D eigenvalue weighted by Gasteiger charge is -1.98. The Morgan fingerprint density at radius 3 is 3.00 bits per heavy atom. The molecule has 3 aromatic rings. The zero-order valence-corrected chi connectivity index (χ0v) is 12.0. The van der Waals surface area contributed by atoms with Gasteiger partial charge in [-0.3, -0.25) is 10.1 Å². The van der Waals surface area contributed by atoms with Gasteiger partial charge in [0.05, 0.1) is 0 Å². The highest BCUT2D eigenvalue weighted by Gasteiger charge is 2.18. The molecule has 6 heteroatoms. The van der Waals surface area contributed by atoms with Crippen LogP contribution in [0.15, 0.2) is 28.1 Å². The first-order chi connectivity index (χ1) is 9.69. The molecular formula is C14H13N3O2S. The lowest BCUT2D eigenvalue weighted by molar-refractivity contribution is 0.0998. The number of nitrogens with one attached hydrogen (secondary N) is 1. The standard InChI is InChI=1S/C14H13N3O2S/c1-3-9-4-5-11-10(6-9)8(2)12(19-11)13(18)16-14-17-15-7-20-14/h4-7H,3H2,1-2H3,(H,16,17,18). The van der Waals surface area contributed by atoms with Crippen LogP contribution in [0.4, 0.5) is 5.13 Å². The fourth-order valence-electron chi connectivity index (χ4n) is 2.09. The number of hydrogen-bond donors (Lipinski definition) is 1. The van der Waals surface area contributed by atoms with Gasteiger partial charge >= 0.3 is 0 Å². The van der Waals surface area contributed by atoms with E-state index >= 15 is 0 Å². The summed E-state index contributed by atoms with van der Waals surface area (Å²) in [7, 11) is 0. The van der Waals surface area contributed by atoms with Gasteiger partial charge in [-0.1, -0.05) is 24.3 Å². The average molecular weight is 287 g/mol. The number of hydrogen-bond acceptors (Lipinski definition) is 5. The molecule has 0 fully saturated rings. The van der Waals surface area contributed by atoms with Crippen LogP contribution in [0.25, 0.3) is 11.0 Å². The van der Waals surface area contributed by atoms with Crippen molar-refractivity contribution in [2.75, 3.05) is 5.32 Å². The Morgan fingerprint density at radius 1 is 1.45 bits per heavy atom. The van der Waals surface area contributed by atoms with Crippen LogP contribution in [-0.2, 0) is 6.42 Å². The SMILES string of the molecule is CCc1ccc2oc(C(=O)Nc3nncs3)c(C)c2c1.